The van der Waals surface area contributed by atoms with Crippen molar-refractivity contribution in [2.24, 2.45) is 11.8 Å². The van der Waals surface area contributed by atoms with Crippen LogP contribution in [0.3, 0.4) is 0 Å². The third kappa shape index (κ3) is 55.6. The smallest absolute Gasteiger partial charge is 0.306 e. The van der Waals surface area contributed by atoms with Gasteiger partial charge in [-0.15, -0.1) is 0 Å². The van der Waals surface area contributed by atoms with Crippen LogP contribution in [0.1, 0.15) is 356 Å². The number of unbranched alkanes of at least 4 members (excludes halogenated alkanes) is 41. The Kier molecular flexibility index (Phi) is 54.4. The lowest BCUT2D eigenvalue weighted by Crippen LogP contribution is -2.30. The molecule has 0 amide bonds. The minimum absolute atomic E-state index is 0.0622. The van der Waals surface area contributed by atoms with Gasteiger partial charge >= 0.3 is 17.9 Å². The summed E-state index contributed by atoms with van der Waals surface area (Å²) in [5.74, 6) is 0.896. The maximum atomic E-state index is 12.9. The molecule has 69 heavy (non-hydrogen) atoms. The van der Waals surface area contributed by atoms with Gasteiger partial charge in [0.1, 0.15) is 13.2 Å². The summed E-state index contributed by atoms with van der Waals surface area (Å²) in [7, 11) is 0. The van der Waals surface area contributed by atoms with Gasteiger partial charge in [-0.25, -0.2) is 0 Å². The van der Waals surface area contributed by atoms with Gasteiger partial charge in [-0.05, 0) is 31.1 Å². The van der Waals surface area contributed by atoms with E-state index in [2.05, 4.69) is 34.6 Å². The molecule has 0 bridgehead atoms. The summed E-state index contributed by atoms with van der Waals surface area (Å²) in [5.41, 5.74) is 0. The third-order valence-corrected chi connectivity index (χ3v) is 14.8. The second kappa shape index (κ2) is 55.7. The standard InChI is InChI=1S/C63H122O6/c1-6-8-9-10-11-12-13-14-15-16-17-18-23-30-35-40-45-50-55-63(66)69-60(57-68-62(65)54-49-44-39-34-29-25-24-26-31-36-41-46-51-58(3)4)56-67-61(64)53-48-43-38-33-28-22-20-19-21-27-32-37-42-47-52-59(5)7-2/h58-60H,6-57H2,1-5H3/t59?,60-/m1/s1. The van der Waals surface area contributed by atoms with Crippen molar-refractivity contribution in [3.05, 3.63) is 0 Å². The normalized spacial score (nSPS) is 12.4. The van der Waals surface area contributed by atoms with Crippen LogP contribution in [0.25, 0.3) is 0 Å². The van der Waals surface area contributed by atoms with Crippen molar-refractivity contribution < 1.29 is 28.6 Å². The molecule has 0 aromatic heterocycles. The van der Waals surface area contributed by atoms with Crippen LogP contribution >= 0.6 is 0 Å². The average Bonchev–Trinajstić information content (AvgIpc) is 3.34. The lowest BCUT2D eigenvalue weighted by atomic mass is 9.99. The number of carbonyl (C=O) groups is 3. The molecule has 6 nitrogen and oxygen atoms in total. The van der Waals surface area contributed by atoms with Crippen LogP contribution in [0.15, 0.2) is 0 Å². The van der Waals surface area contributed by atoms with Gasteiger partial charge in [-0.1, -0.05) is 317 Å². The van der Waals surface area contributed by atoms with Crippen LogP contribution in [0, 0.1) is 11.8 Å². The molecule has 0 saturated carbocycles. The van der Waals surface area contributed by atoms with Gasteiger partial charge in [0.2, 0.25) is 0 Å². The quantitative estimate of drug-likeness (QED) is 0.0343. The number of esters is 3. The van der Waals surface area contributed by atoms with E-state index in [1.165, 1.54) is 244 Å². The van der Waals surface area contributed by atoms with E-state index in [4.69, 9.17) is 14.2 Å². The zero-order valence-corrected chi connectivity index (χ0v) is 47.5. The first-order valence-corrected chi connectivity index (χ1v) is 31.3. The first kappa shape index (κ1) is 67.4. The van der Waals surface area contributed by atoms with E-state index in [0.29, 0.717) is 19.3 Å². The minimum Gasteiger partial charge on any atom is -0.462 e. The Hall–Kier alpha value is -1.59. The summed E-state index contributed by atoms with van der Waals surface area (Å²) < 4.78 is 16.9. The Morgan fingerprint density at radius 1 is 0.304 bits per heavy atom. The molecule has 0 aliphatic carbocycles. The summed E-state index contributed by atoms with van der Waals surface area (Å²) >= 11 is 0. The summed E-state index contributed by atoms with van der Waals surface area (Å²) in [5, 5.41) is 0. The predicted octanol–water partition coefficient (Wildman–Crippen LogP) is 20.8. The fraction of sp³-hybridized carbons (Fsp3) is 0.952. The molecule has 0 aromatic carbocycles. The summed E-state index contributed by atoms with van der Waals surface area (Å²) in [4.78, 5) is 38.3. The molecule has 1 unspecified atom stereocenters. The highest BCUT2D eigenvalue weighted by Crippen LogP contribution is 2.19. The summed E-state index contributed by atoms with van der Waals surface area (Å²) in [6.45, 7) is 11.5. The highest BCUT2D eigenvalue weighted by Gasteiger charge is 2.19. The van der Waals surface area contributed by atoms with E-state index in [1.54, 1.807) is 0 Å². The van der Waals surface area contributed by atoms with Gasteiger partial charge in [-0.2, -0.15) is 0 Å². The Morgan fingerprint density at radius 2 is 0.551 bits per heavy atom. The van der Waals surface area contributed by atoms with Crippen LogP contribution in [0.2, 0.25) is 0 Å². The van der Waals surface area contributed by atoms with Gasteiger partial charge in [0.25, 0.3) is 0 Å². The average molecular weight is 976 g/mol. The van der Waals surface area contributed by atoms with E-state index < -0.39 is 6.10 Å². The van der Waals surface area contributed by atoms with Crippen molar-refractivity contribution >= 4 is 17.9 Å². The highest BCUT2D eigenvalue weighted by atomic mass is 16.6. The van der Waals surface area contributed by atoms with Crippen LogP contribution in [-0.4, -0.2) is 37.2 Å². The van der Waals surface area contributed by atoms with Crippen LogP contribution < -0.4 is 0 Å². The van der Waals surface area contributed by atoms with Crippen molar-refractivity contribution in [1.29, 1.82) is 0 Å². The van der Waals surface area contributed by atoms with E-state index in [9.17, 15) is 14.4 Å². The molecule has 410 valence electrons. The molecule has 0 rings (SSSR count). The van der Waals surface area contributed by atoms with Crippen molar-refractivity contribution in [3.63, 3.8) is 0 Å². The first-order valence-electron chi connectivity index (χ1n) is 31.3. The zero-order valence-electron chi connectivity index (χ0n) is 47.5. The number of carbonyl (C=O) groups excluding carboxylic acids is 3. The Labute approximate surface area is 431 Å². The van der Waals surface area contributed by atoms with Crippen molar-refractivity contribution in [2.75, 3.05) is 13.2 Å². The van der Waals surface area contributed by atoms with Crippen molar-refractivity contribution in [2.45, 2.75) is 362 Å². The Balaban J connectivity index is 4.29. The third-order valence-electron chi connectivity index (χ3n) is 14.8. The molecule has 0 N–H and O–H groups in total. The number of rotatable bonds is 57. The molecular weight excluding hydrogens is 853 g/mol. The fourth-order valence-corrected chi connectivity index (χ4v) is 9.73. The van der Waals surface area contributed by atoms with E-state index in [1.807, 2.05) is 0 Å². The molecule has 6 heteroatoms. The number of hydrogen-bond donors (Lipinski definition) is 0. The molecule has 0 saturated heterocycles. The monoisotopic (exact) mass is 975 g/mol. The van der Waals surface area contributed by atoms with Gasteiger partial charge in [-0.3, -0.25) is 14.4 Å². The van der Waals surface area contributed by atoms with E-state index in [0.717, 1.165) is 69.6 Å². The topological polar surface area (TPSA) is 78.9 Å². The highest BCUT2D eigenvalue weighted by molar-refractivity contribution is 5.71. The predicted molar refractivity (Wildman–Crippen MR) is 298 cm³/mol. The van der Waals surface area contributed by atoms with Crippen molar-refractivity contribution in [3.8, 4) is 0 Å². The van der Waals surface area contributed by atoms with Crippen LogP contribution in [-0.2, 0) is 28.6 Å². The number of hydrogen-bond acceptors (Lipinski definition) is 6. The summed E-state index contributed by atoms with van der Waals surface area (Å²) in [6, 6.07) is 0. The molecule has 0 spiro atoms. The Morgan fingerprint density at radius 3 is 0.826 bits per heavy atom. The molecule has 2 atom stereocenters. The SMILES string of the molecule is CCCCCCCCCCCCCCCCCCCCC(=O)O[C@H](COC(=O)CCCCCCCCCCCCCCCCC(C)CC)COC(=O)CCCCCCCCCCCCCCC(C)C. The fourth-order valence-electron chi connectivity index (χ4n) is 9.73. The molecule has 0 radical (unpaired) electrons. The van der Waals surface area contributed by atoms with Gasteiger partial charge < -0.3 is 14.2 Å². The molecule has 0 fully saturated rings. The van der Waals surface area contributed by atoms with Gasteiger partial charge in [0.15, 0.2) is 6.10 Å². The molecule has 0 aliphatic rings. The van der Waals surface area contributed by atoms with Crippen molar-refractivity contribution in [1.82, 2.24) is 0 Å². The van der Waals surface area contributed by atoms with Crippen LogP contribution in [0.5, 0.6) is 0 Å². The number of ether oxygens (including phenoxy) is 3. The second-order valence-electron chi connectivity index (χ2n) is 22.4. The zero-order chi connectivity index (χ0) is 50.4. The summed E-state index contributed by atoms with van der Waals surface area (Å²) in [6.07, 6.45) is 60.9. The maximum Gasteiger partial charge on any atom is 0.306 e. The van der Waals surface area contributed by atoms with Gasteiger partial charge in [0.05, 0.1) is 0 Å². The largest absolute Gasteiger partial charge is 0.462 e. The second-order valence-corrected chi connectivity index (χ2v) is 22.4. The molecule has 0 aromatic rings. The molecular formula is C63H122O6. The first-order chi connectivity index (χ1) is 33.8. The Bertz CT molecular complexity index is 1060. The van der Waals surface area contributed by atoms with Gasteiger partial charge in [0, 0.05) is 19.3 Å². The van der Waals surface area contributed by atoms with E-state index in [-0.39, 0.29) is 31.1 Å². The lowest BCUT2D eigenvalue weighted by molar-refractivity contribution is -0.167. The minimum atomic E-state index is -0.763. The maximum absolute atomic E-state index is 12.9. The van der Waals surface area contributed by atoms with Crippen LogP contribution in [0.4, 0.5) is 0 Å². The molecule has 0 aliphatic heterocycles. The lowest BCUT2D eigenvalue weighted by Gasteiger charge is -2.18. The molecule has 0 heterocycles. The van der Waals surface area contributed by atoms with E-state index >= 15 is 0 Å².